The van der Waals surface area contributed by atoms with Gasteiger partial charge in [-0.25, -0.2) is 0 Å². The number of hydrogen-bond donors (Lipinski definition) is 1. The van der Waals surface area contributed by atoms with Crippen LogP contribution in [0.1, 0.15) is 45.9 Å². The summed E-state index contributed by atoms with van der Waals surface area (Å²) in [5.74, 6) is 0.0482. The molecule has 0 saturated carbocycles. The summed E-state index contributed by atoms with van der Waals surface area (Å²) in [4.78, 5) is 31.3. The van der Waals surface area contributed by atoms with E-state index in [9.17, 15) is 9.59 Å². The fourth-order valence-electron chi connectivity index (χ4n) is 3.30. The number of piperazine rings is 1. The molecule has 1 atom stereocenters. The smallest absolute Gasteiger partial charge is 0.223 e. The van der Waals surface area contributed by atoms with Crippen molar-refractivity contribution < 1.29 is 9.59 Å². The van der Waals surface area contributed by atoms with Gasteiger partial charge in [0.2, 0.25) is 5.91 Å². The normalized spacial score (nSPS) is 16.5. The molecular weight excluding hydrogens is 362 g/mol. The van der Waals surface area contributed by atoms with Crippen LogP contribution in [0.25, 0.3) is 0 Å². The van der Waals surface area contributed by atoms with Crippen LogP contribution in [-0.2, 0) is 4.79 Å². The molecular formula is C21H26ClN3O2. The Balaban J connectivity index is 0.00000261. The molecule has 144 valence electrons. The van der Waals surface area contributed by atoms with Gasteiger partial charge in [0.1, 0.15) is 0 Å². The SMILES string of the molecule is Cc1ccc(C(=O)CCC(=O)N2CCNCC2c2cccnc2)cc1C.Cl. The lowest BCUT2D eigenvalue weighted by atomic mass is 10.00. The number of hydrogen-bond acceptors (Lipinski definition) is 4. The van der Waals surface area contributed by atoms with Crippen LogP contribution in [0.5, 0.6) is 0 Å². The van der Waals surface area contributed by atoms with Gasteiger partial charge in [-0.3, -0.25) is 14.6 Å². The van der Waals surface area contributed by atoms with Crippen LogP contribution in [0.15, 0.2) is 42.7 Å². The van der Waals surface area contributed by atoms with Crippen LogP contribution in [-0.4, -0.2) is 41.2 Å². The fraction of sp³-hybridized carbons (Fsp3) is 0.381. The first-order valence-corrected chi connectivity index (χ1v) is 9.07. The fourth-order valence-corrected chi connectivity index (χ4v) is 3.30. The highest BCUT2D eigenvalue weighted by molar-refractivity contribution is 5.98. The van der Waals surface area contributed by atoms with Gasteiger partial charge in [0.15, 0.2) is 5.78 Å². The number of aromatic nitrogens is 1. The van der Waals surface area contributed by atoms with Crippen LogP contribution < -0.4 is 5.32 Å². The molecule has 1 N–H and O–H groups in total. The molecule has 1 saturated heterocycles. The number of carbonyl (C=O) groups excluding carboxylic acids is 2. The molecule has 2 heterocycles. The van der Waals surface area contributed by atoms with Crippen molar-refractivity contribution >= 4 is 24.1 Å². The van der Waals surface area contributed by atoms with Crippen molar-refractivity contribution in [3.63, 3.8) is 0 Å². The van der Waals surface area contributed by atoms with Gasteiger partial charge in [0.05, 0.1) is 6.04 Å². The van der Waals surface area contributed by atoms with Crippen molar-refractivity contribution in [2.45, 2.75) is 32.7 Å². The zero-order valence-electron chi connectivity index (χ0n) is 15.8. The Morgan fingerprint density at radius 1 is 1.19 bits per heavy atom. The minimum Gasteiger partial charge on any atom is -0.333 e. The maximum atomic E-state index is 12.8. The average molecular weight is 388 g/mol. The first kappa shape index (κ1) is 21.1. The largest absolute Gasteiger partial charge is 0.333 e. The minimum absolute atomic E-state index is 0. The number of ketones is 1. The van der Waals surface area contributed by atoms with Crippen molar-refractivity contribution in [2.24, 2.45) is 0 Å². The zero-order chi connectivity index (χ0) is 18.5. The predicted octanol–water partition coefficient (Wildman–Crippen LogP) is 3.26. The number of benzene rings is 1. The molecule has 27 heavy (non-hydrogen) atoms. The maximum Gasteiger partial charge on any atom is 0.223 e. The van der Waals surface area contributed by atoms with Gasteiger partial charge in [0, 0.05) is 50.4 Å². The van der Waals surface area contributed by atoms with E-state index in [1.165, 1.54) is 0 Å². The van der Waals surface area contributed by atoms with E-state index in [0.717, 1.165) is 23.2 Å². The summed E-state index contributed by atoms with van der Waals surface area (Å²) in [6.45, 7) is 6.15. The van der Waals surface area contributed by atoms with E-state index >= 15 is 0 Å². The highest BCUT2D eigenvalue weighted by Gasteiger charge is 2.28. The zero-order valence-corrected chi connectivity index (χ0v) is 16.6. The van der Waals surface area contributed by atoms with Crippen LogP contribution in [0, 0.1) is 13.8 Å². The van der Waals surface area contributed by atoms with Crippen LogP contribution >= 0.6 is 12.4 Å². The Morgan fingerprint density at radius 3 is 2.70 bits per heavy atom. The summed E-state index contributed by atoms with van der Waals surface area (Å²) >= 11 is 0. The predicted molar refractivity (Wildman–Crippen MR) is 108 cm³/mol. The van der Waals surface area contributed by atoms with Crippen molar-refractivity contribution in [1.82, 2.24) is 15.2 Å². The molecule has 1 aliphatic rings. The molecule has 0 aliphatic carbocycles. The lowest BCUT2D eigenvalue weighted by molar-refractivity contribution is -0.134. The number of carbonyl (C=O) groups is 2. The number of nitrogens with zero attached hydrogens (tertiary/aromatic N) is 2. The standard InChI is InChI=1S/C21H25N3O2.ClH/c1-15-5-6-17(12-16(15)2)20(25)7-8-21(26)24-11-10-23-14-19(24)18-4-3-9-22-13-18;/h3-6,9,12-13,19,23H,7-8,10-11,14H2,1-2H3;1H. The molecule has 2 aromatic rings. The lowest BCUT2D eigenvalue weighted by Crippen LogP contribution is -2.48. The van der Waals surface area contributed by atoms with E-state index in [1.54, 1.807) is 12.4 Å². The highest BCUT2D eigenvalue weighted by Crippen LogP contribution is 2.23. The molecule has 1 aromatic carbocycles. The minimum atomic E-state index is -0.0262. The van der Waals surface area contributed by atoms with Gasteiger partial charge in [-0.1, -0.05) is 18.2 Å². The molecule has 1 amide bonds. The molecule has 1 unspecified atom stereocenters. The van der Waals surface area contributed by atoms with E-state index in [4.69, 9.17) is 0 Å². The van der Waals surface area contributed by atoms with E-state index in [-0.39, 0.29) is 43.0 Å². The van der Waals surface area contributed by atoms with Crippen LogP contribution in [0.4, 0.5) is 0 Å². The average Bonchev–Trinajstić information content (AvgIpc) is 2.68. The third-order valence-corrected chi connectivity index (χ3v) is 5.03. The van der Waals surface area contributed by atoms with Crippen LogP contribution in [0.2, 0.25) is 0 Å². The first-order valence-electron chi connectivity index (χ1n) is 9.07. The van der Waals surface area contributed by atoms with Crippen molar-refractivity contribution in [1.29, 1.82) is 0 Å². The van der Waals surface area contributed by atoms with Crippen molar-refractivity contribution in [2.75, 3.05) is 19.6 Å². The molecule has 6 heteroatoms. The Hall–Kier alpha value is -2.24. The molecule has 1 fully saturated rings. The third-order valence-electron chi connectivity index (χ3n) is 5.03. The van der Waals surface area contributed by atoms with Gasteiger partial charge >= 0.3 is 0 Å². The van der Waals surface area contributed by atoms with Gasteiger partial charge in [0.25, 0.3) is 0 Å². The summed E-state index contributed by atoms with van der Waals surface area (Å²) in [5, 5.41) is 3.33. The van der Waals surface area contributed by atoms with Gasteiger partial charge in [-0.05, 0) is 42.7 Å². The molecule has 1 aromatic heterocycles. The molecule has 1 aliphatic heterocycles. The molecule has 5 nitrogen and oxygen atoms in total. The number of halogens is 1. The summed E-state index contributed by atoms with van der Waals surface area (Å²) in [6.07, 6.45) is 4.01. The molecule has 3 rings (SSSR count). The third kappa shape index (κ3) is 5.15. The lowest BCUT2D eigenvalue weighted by Gasteiger charge is -2.36. The number of Topliss-reactive ketones (excluding diaryl/α,β-unsaturated/α-hetero) is 1. The maximum absolute atomic E-state index is 12.8. The Bertz CT molecular complexity index is 795. The molecule has 0 bridgehead atoms. The molecule has 0 spiro atoms. The van der Waals surface area contributed by atoms with Crippen LogP contribution in [0.3, 0.4) is 0 Å². The van der Waals surface area contributed by atoms with Gasteiger partial charge in [-0.15, -0.1) is 12.4 Å². The quantitative estimate of drug-likeness (QED) is 0.800. The van der Waals surface area contributed by atoms with E-state index in [0.29, 0.717) is 18.7 Å². The van der Waals surface area contributed by atoms with E-state index in [2.05, 4.69) is 10.3 Å². The Labute approximate surface area is 166 Å². The highest BCUT2D eigenvalue weighted by atomic mass is 35.5. The summed E-state index contributed by atoms with van der Waals surface area (Å²) in [6, 6.07) is 9.56. The van der Waals surface area contributed by atoms with Crippen molar-refractivity contribution in [3.8, 4) is 0 Å². The molecule has 0 radical (unpaired) electrons. The second kappa shape index (κ2) is 9.62. The number of aryl methyl sites for hydroxylation is 2. The number of rotatable bonds is 5. The van der Waals surface area contributed by atoms with E-state index < -0.39 is 0 Å². The second-order valence-electron chi connectivity index (χ2n) is 6.82. The van der Waals surface area contributed by atoms with E-state index in [1.807, 2.05) is 49.1 Å². The van der Waals surface area contributed by atoms with Crippen molar-refractivity contribution in [3.05, 3.63) is 65.0 Å². The summed E-state index contributed by atoms with van der Waals surface area (Å²) < 4.78 is 0. The number of nitrogens with one attached hydrogen (secondary N) is 1. The first-order chi connectivity index (χ1) is 12.6. The topological polar surface area (TPSA) is 62.3 Å². The monoisotopic (exact) mass is 387 g/mol. The summed E-state index contributed by atoms with van der Waals surface area (Å²) in [5.41, 5.74) is 3.97. The number of amides is 1. The van der Waals surface area contributed by atoms with Gasteiger partial charge in [-0.2, -0.15) is 0 Å². The van der Waals surface area contributed by atoms with Gasteiger partial charge < -0.3 is 10.2 Å². The second-order valence-corrected chi connectivity index (χ2v) is 6.82. The Morgan fingerprint density at radius 2 is 2.00 bits per heavy atom. The summed E-state index contributed by atoms with van der Waals surface area (Å²) in [7, 11) is 0. The number of pyridine rings is 1. The Kier molecular flexibility index (Phi) is 7.51.